The van der Waals surface area contributed by atoms with Gasteiger partial charge >= 0.3 is 5.97 Å². The fourth-order valence-corrected chi connectivity index (χ4v) is 6.91. The van der Waals surface area contributed by atoms with E-state index in [9.17, 15) is 18.0 Å². The maximum absolute atomic E-state index is 13.3. The third-order valence-corrected chi connectivity index (χ3v) is 8.89. The van der Waals surface area contributed by atoms with Crippen molar-refractivity contribution in [1.29, 1.82) is 0 Å². The van der Waals surface area contributed by atoms with Crippen LogP contribution in [0.15, 0.2) is 52.4 Å². The Morgan fingerprint density at radius 1 is 1.14 bits per heavy atom. The second-order valence-corrected chi connectivity index (χ2v) is 11.4. The topological polar surface area (TPSA) is 107 Å². The van der Waals surface area contributed by atoms with Gasteiger partial charge in [0.1, 0.15) is 18.3 Å². The zero-order valence-corrected chi connectivity index (χ0v) is 22.2. The fourth-order valence-electron chi connectivity index (χ4n) is 4.07. The number of benzene rings is 2. The number of halogens is 1. The quantitative estimate of drug-likeness (QED) is 0.396. The maximum Gasteiger partial charge on any atom is 0.326 e. The van der Waals surface area contributed by atoms with Crippen LogP contribution in [-0.2, 0) is 30.9 Å². The van der Waals surface area contributed by atoms with Crippen molar-refractivity contribution in [1.82, 2.24) is 8.87 Å². The number of amides is 1. The summed E-state index contributed by atoms with van der Waals surface area (Å²) in [4.78, 5) is 30.3. The minimum Gasteiger partial charge on any atom is -0.494 e. The molecule has 36 heavy (non-hydrogen) atoms. The van der Waals surface area contributed by atoms with Crippen LogP contribution in [0.5, 0.6) is 5.75 Å². The van der Waals surface area contributed by atoms with Crippen LogP contribution >= 0.6 is 22.9 Å². The first kappa shape index (κ1) is 26.3. The zero-order chi connectivity index (χ0) is 25.9. The number of esters is 1. The SMILES string of the molecule is CCOC(=O)Cn1c(=NC(=O)C2CCCN2S(=O)(=O)c2ccc(Cl)cc2)sc2cc(OCC)ccc21. The molecule has 1 aliphatic heterocycles. The molecule has 2 heterocycles. The third kappa shape index (κ3) is 5.49. The van der Waals surface area contributed by atoms with Crippen LogP contribution in [0.2, 0.25) is 5.02 Å². The molecule has 0 bridgehead atoms. The Morgan fingerprint density at radius 2 is 1.89 bits per heavy atom. The summed E-state index contributed by atoms with van der Waals surface area (Å²) in [6.07, 6.45) is 0.887. The van der Waals surface area contributed by atoms with Gasteiger partial charge in [-0.25, -0.2) is 8.42 Å². The number of nitrogens with zero attached hydrogens (tertiary/aromatic N) is 3. The van der Waals surface area contributed by atoms with Crippen LogP contribution in [0, 0.1) is 0 Å². The first-order valence-electron chi connectivity index (χ1n) is 11.5. The van der Waals surface area contributed by atoms with Crippen molar-refractivity contribution in [2.75, 3.05) is 19.8 Å². The van der Waals surface area contributed by atoms with Gasteiger partial charge < -0.3 is 14.0 Å². The maximum atomic E-state index is 13.3. The van der Waals surface area contributed by atoms with Gasteiger partial charge in [0.05, 0.1) is 28.3 Å². The summed E-state index contributed by atoms with van der Waals surface area (Å²) >= 11 is 7.13. The predicted molar refractivity (Wildman–Crippen MR) is 137 cm³/mol. The lowest BCUT2D eigenvalue weighted by Crippen LogP contribution is -2.40. The molecule has 1 amide bonds. The summed E-state index contributed by atoms with van der Waals surface area (Å²) in [6.45, 7) is 4.39. The van der Waals surface area contributed by atoms with Gasteiger partial charge in [-0.05, 0) is 69.2 Å². The monoisotopic (exact) mass is 551 g/mol. The Labute approximate surface area is 218 Å². The number of carbonyl (C=O) groups excluding carboxylic acids is 2. The number of rotatable bonds is 8. The molecule has 0 spiro atoms. The van der Waals surface area contributed by atoms with Crippen molar-refractivity contribution in [3.05, 3.63) is 52.3 Å². The highest BCUT2D eigenvalue weighted by Gasteiger charge is 2.39. The highest BCUT2D eigenvalue weighted by atomic mass is 35.5. The van der Waals surface area contributed by atoms with Crippen LogP contribution in [0.25, 0.3) is 10.2 Å². The molecule has 192 valence electrons. The van der Waals surface area contributed by atoms with Gasteiger partial charge in [0, 0.05) is 11.6 Å². The van der Waals surface area contributed by atoms with Gasteiger partial charge in [0.2, 0.25) is 10.0 Å². The molecule has 0 saturated carbocycles. The molecule has 0 N–H and O–H groups in total. The van der Waals surface area contributed by atoms with Gasteiger partial charge in [-0.3, -0.25) is 9.59 Å². The number of fused-ring (bicyclic) bond motifs is 1. The Balaban J connectivity index is 1.72. The Morgan fingerprint density at radius 3 is 2.58 bits per heavy atom. The van der Waals surface area contributed by atoms with E-state index in [1.54, 1.807) is 23.6 Å². The van der Waals surface area contributed by atoms with Crippen molar-refractivity contribution in [2.24, 2.45) is 4.99 Å². The van der Waals surface area contributed by atoms with Crippen molar-refractivity contribution < 1.29 is 27.5 Å². The minimum absolute atomic E-state index is 0.0642. The standard InChI is InChI=1S/C24H26ClN3O6S2/c1-3-33-17-9-12-19-21(14-17)35-24(27(19)15-22(29)34-4-2)26-23(30)20-6-5-13-28(20)36(31,32)18-10-7-16(25)8-11-18/h7-12,14,20H,3-6,13,15H2,1-2H3. The van der Waals surface area contributed by atoms with Gasteiger partial charge in [-0.2, -0.15) is 9.30 Å². The van der Waals surface area contributed by atoms with Gasteiger partial charge in [0.25, 0.3) is 5.91 Å². The molecule has 1 unspecified atom stereocenters. The summed E-state index contributed by atoms with van der Waals surface area (Å²) < 4.78 is 40.7. The number of ether oxygens (including phenoxy) is 2. The molecule has 2 aromatic carbocycles. The second kappa shape index (κ2) is 11.1. The van der Waals surface area contributed by atoms with Gasteiger partial charge in [-0.1, -0.05) is 22.9 Å². The average Bonchev–Trinajstić information content (AvgIpc) is 3.46. The van der Waals surface area contributed by atoms with E-state index in [1.807, 2.05) is 13.0 Å². The molecular formula is C24H26ClN3O6S2. The summed E-state index contributed by atoms with van der Waals surface area (Å²) in [5.74, 6) is -0.393. The van der Waals surface area contributed by atoms with Gasteiger partial charge in [0.15, 0.2) is 4.80 Å². The molecule has 1 atom stereocenters. The van der Waals surface area contributed by atoms with Crippen LogP contribution in [0.4, 0.5) is 0 Å². The number of carbonyl (C=O) groups is 2. The largest absolute Gasteiger partial charge is 0.494 e. The lowest BCUT2D eigenvalue weighted by Gasteiger charge is -2.21. The first-order valence-corrected chi connectivity index (χ1v) is 14.2. The van der Waals surface area contributed by atoms with Crippen LogP contribution < -0.4 is 9.54 Å². The number of hydrogen-bond acceptors (Lipinski definition) is 7. The molecule has 12 heteroatoms. The molecule has 0 radical (unpaired) electrons. The molecule has 0 aliphatic carbocycles. The second-order valence-electron chi connectivity index (χ2n) is 8.02. The van der Waals surface area contributed by atoms with Crippen LogP contribution in [0.1, 0.15) is 26.7 Å². The number of thiazole rings is 1. The number of aromatic nitrogens is 1. The molecule has 9 nitrogen and oxygen atoms in total. The summed E-state index contributed by atoms with van der Waals surface area (Å²) in [6, 6.07) is 10.3. The molecule has 1 fully saturated rings. The molecule has 1 aliphatic rings. The van der Waals surface area contributed by atoms with Crippen LogP contribution in [0.3, 0.4) is 0 Å². The number of sulfonamides is 1. The Bertz CT molecular complexity index is 1450. The first-order chi connectivity index (χ1) is 17.2. The summed E-state index contributed by atoms with van der Waals surface area (Å²) in [7, 11) is -3.92. The minimum atomic E-state index is -3.92. The van der Waals surface area contributed by atoms with E-state index < -0.39 is 27.9 Å². The molecule has 4 rings (SSSR count). The van der Waals surface area contributed by atoms with Crippen molar-refractivity contribution in [3.63, 3.8) is 0 Å². The predicted octanol–water partition coefficient (Wildman–Crippen LogP) is 3.60. The Kier molecular flexibility index (Phi) is 8.13. The van der Waals surface area contributed by atoms with E-state index in [4.69, 9.17) is 21.1 Å². The van der Waals surface area contributed by atoms with Crippen LogP contribution in [-0.4, -0.2) is 55.0 Å². The summed E-state index contributed by atoms with van der Waals surface area (Å²) in [5.41, 5.74) is 0.695. The van der Waals surface area contributed by atoms with Crippen molar-refractivity contribution in [2.45, 2.75) is 44.2 Å². The molecule has 1 saturated heterocycles. The third-order valence-electron chi connectivity index (χ3n) is 5.67. The van der Waals surface area contributed by atoms with E-state index in [2.05, 4.69) is 4.99 Å². The van der Waals surface area contributed by atoms with E-state index in [1.165, 1.54) is 39.9 Å². The Hall–Kier alpha value is -2.73. The number of hydrogen-bond donors (Lipinski definition) is 0. The van der Waals surface area contributed by atoms with Crippen molar-refractivity contribution >= 4 is 55.1 Å². The lowest BCUT2D eigenvalue weighted by atomic mass is 10.2. The lowest BCUT2D eigenvalue weighted by molar-refractivity contribution is -0.143. The van der Waals surface area contributed by atoms with E-state index in [-0.39, 0.29) is 29.4 Å². The molecular weight excluding hydrogens is 526 g/mol. The smallest absolute Gasteiger partial charge is 0.326 e. The highest BCUT2D eigenvalue weighted by molar-refractivity contribution is 7.89. The van der Waals surface area contributed by atoms with Crippen molar-refractivity contribution in [3.8, 4) is 5.75 Å². The highest BCUT2D eigenvalue weighted by Crippen LogP contribution is 2.28. The fraction of sp³-hybridized carbons (Fsp3) is 0.375. The molecule has 3 aromatic rings. The summed E-state index contributed by atoms with van der Waals surface area (Å²) in [5, 5.41) is 0.418. The van der Waals surface area contributed by atoms with Gasteiger partial charge in [-0.15, -0.1) is 0 Å². The van der Waals surface area contributed by atoms with E-state index in [0.717, 1.165) is 4.70 Å². The normalized spacial score (nSPS) is 17.0. The molecule has 1 aromatic heterocycles. The van der Waals surface area contributed by atoms with E-state index in [0.29, 0.717) is 35.7 Å². The zero-order valence-electron chi connectivity index (χ0n) is 19.8. The average molecular weight is 552 g/mol. The van der Waals surface area contributed by atoms with E-state index >= 15 is 0 Å².